The van der Waals surface area contributed by atoms with Gasteiger partial charge in [-0.2, -0.15) is 0 Å². The summed E-state index contributed by atoms with van der Waals surface area (Å²) >= 11 is 0. The van der Waals surface area contributed by atoms with Gasteiger partial charge in [0.05, 0.1) is 0 Å². The van der Waals surface area contributed by atoms with E-state index in [1.165, 1.54) is 0 Å². The van der Waals surface area contributed by atoms with Crippen LogP contribution in [0.4, 0.5) is 0 Å². The first-order chi connectivity index (χ1) is 15.9. The maximum atomic E-state index is 11.2. The summed E-state index contributed by atoms with van der Waals surface area (Å²) in [6, 6.07) is -0.0636. The van der Waals surface area contributed by atoms with Gasteiger partial charge in [0.15, 0.2) is 11.7 Å². The predicted molar refractivity (Wildman–Crippen MR) is 133 cm³/mol. The molecule has 0 atom stereocenters. The normalized spacial score (nSPS) is 15.2. The summed E-state index contributed by atoms with van der Waals surface area (Å²) in [6.45, 7) is 15.2. The SMILES string of the molecule is CC(C)N=C(C(=O)[O-])N(C1=CC=CC1)C(C)C.CC(C)N=C(C(=O)[O-])N(C1=CC=CC1)C(C)C.[Co+2]. The van der Waals surface area contributed by atoms with Crippen LogP contribution in [0.2, 0.25) is 0 Å². The molecule has 0 heterocycles. The van der Waals surface area contributed by atoms with Crippen molar-refractivity contribution in [3.63, 3.8) is 0 Å². The van der Waals surface area contributed by atoms with Gasteiger partial charge < -0.3 is 29.6 Å². The molecule has 0 spiro atoms. The number of amidine groups is 2. The molecule has 2 aliphatic carbocycles. The zero-order chi connectivity index (χ0) is 26.0. The van der Waals surface area contributed by atoms with E-state index >= 15 is 0 Å². The molecule has 1 radical (unpaired) electrons. The molecule has 0 saturated carbocycles. The fourth-order valence-electron chi connectivity index (χ4n) is 3.57. The Hall–Kier alpha value is -2.65. The summed E-state index contributed by atoms with van der Waals surface area (Å²) in [4.78, 5) is 34.2. The Balaban J connectivity index is 0.000000642. The van der Waals surface area contributed by atoms with Crippen LogP contribution in [0.3, 0.4) is 0 Å². The van der Waals surface area contributed by atoms with Gasteiger partial charge in [0.2, 0.25) is 0 Å². The number of rotatable bonds is 6. The van der Waals surface area contributed by atoms with E-state index < -0.39 is 11.9 Å². The Morgan fingerprint density at radius 1 is 0.714 bits per heavy atom. The van der Waals surface area contributed by atoms with Crippen LogP contribution in [-0.2, 0) is 26.4 Å². The molecule has 9 heteroatoms. The molecular formula is C26H38CoN4O4. The summed E-state index contributed by atoms with van der Waals surface area (Å²) in [7, 11) is 0. The molecule has 8 nitrogen and oxygen atoms in total. The standard InChI is InChI=1S/2C13H20N2O2.Co/c2*1-9(2)14-12(13(16)17)15(10(3)4)11-7-5-6-8-11;/h2*5-7,9-10H,8H2,1-4H3,(H,16,17);/q;;+2/p-2. The second-order valence-corrected chi connectivity index (χ2v) is 9.18. The van der Waals surface area contributed by atoms with Gasteiger partial charge in [-0.25, -0.2) is 0 Å². The second kappa shape index (κ2) is 15.4. The van der Waals surface area contributed by atoms with Crippen molar-refractivity contribution in [2.45, 2.75) is 92.4 Å². The molecule has 0 fully saturated rings. The summed E-state index contributed by atoms with van der Waals surface area (Å²) in [5.41, 5.74) is 1.90. The Morgan fingerprint density at radius 2 is 1.03 bits per heavy atom. The van der Waals surface area contributed by atoms with Crippen LogP contribution in [0.5, 0.6) is 0 Å². The molecule has 0 aromatic carbocycles. The largest absolute Gasteiger partial charge is 2.00 e. The smallest absolute Gasteiger partial charge is 0.542 e. The van der Waals surface area contributed by atoms with E-state index in [1.807, 2.05) is 91.8 Å². The molecule has 195 valence electrons. The first-order valence-electron chi connectivity index (χ1n) is 11.7. The molecular weight excluding hydrogens is 491 g/mol. The number of aliphatic imine (C=N–C) groups is 2. The van der Waals surface area contributed by atoms with Gasteiger partial charge in [-0.15, -0.1) is 0 Å². The molecule has 0 saturated heterocycles. The van der Waals surface area contributed by atoms with Gasteiger partial charge in [-0.05, 0) is 67.5 Å². The fourth-order valence-corrected chi connectivity index (χ4v) is 3.57. The fraction of sp³-hybridized carbons (Fsp3) is 0.538. The predicted octanol–water partition coefficient (Wildman–Crippen LogP) is 2.19. The second-order valence-electron chi connectivity index (χ2n) is 9.18. The molecule has 35 heavy (non-hydrogen) atoms. The Morgan fingerprint density at radius 3 is 1.20 bits per heavy atom. The van der Waals surface area contributed by atoms with Gasteiger partial charge in [0.25, 0.3) is 0 Å². The van der Waals surface area contributed by atoms with Crippen LogP contribution in [0, 0.1) is 0 Å². The maximum Gasteiger partial charge on any atom is 2.00 e. The van der Waals surface area contributed by atoms with Crippen molar-refractivity contribution in [3.05, 3.63) is 47.9 Å². The van der Waals surface area contributed by atoms with Gasteiger partial charge in [-0.1, -0.05) is 24.3 Å². The number of carboxylic acids is 2. The van der Waals surface area contributed by atoms with Crippen LogP contribution < -0.4 is 10.2 Å². The Kier molecular flexibility index (Phi) is 14.2. The molecule has 0 N–H and O–H groups in total. The molecule has 2 rings (SSSR count). The minimum Gasteiger partial charge on any atom is -0.542 e. The summed E-state index contributed by atoms with van der Waals surface area (Å²) in [5.74, 6) is -2.41. The Labute approximate surface area is 220 Å². The zero-order valence-electron chi connectivity index (χ0n) is 21.9. The van der Waals surface area contributed by atoms with Gasteiger partial charge in [-0.3, -0.25) is 9.98 Å². The van der Waals surface area contributed by atoms with E-state index in [2.05, 4.69) is 9.98 Å². The van der Waals surface area contributed by atoms with Crippen LogP contribution >= 0.6 is 0 Å². The van der Waals surface area contributed by atoms with E-state index in [1.54, 1.807) is 9.80 Å². The average molecular weight is 530 g/mol. The van der Waals surface area contributed by atoms with E-state index in [0.717, 1.165) is 24.2 Å². The van der Waals surface area contributed by atoms with E-state index in [0.29, 0.717) is 0 Å². The van der Waals surface area contributed by atoms with Crippen molar-refractivity contribution in [2.75, 3.05) is 0 Å². The molecule has 0 bridgehead atoms. The van der Waals surface area contributed by atoms with Crippen molar-refractivity contribution in [1.82, 2.24) is 9.80 Å². The minimum atomic E-state index is -1.22. The number of allylic oxidation sites excluding steroid dienone is 6. The minimum absolute atomic E-state index is 0. The van der Waals surface area contributed by atoms with Crippen molar-refractivity contribution >= 4 is 23.6 Å². The number of carbonyl (C=O) groups is 2. The zero-order valence-corrected chi connectivity index (χ0v) is 23.0. The molecule has 0 unspecified atom stereocenters. The van der Waals surface area contributed by atoms with Crippen molar-refractivity contribution in [3.8, 4) is 0 Å². The van der Waals surface area contributed by atoms with Gasteiger partial charge in [0, 0.05) is 48.4 Å². The number of hydrogen-bond acceptors (Lipinski definition) is 6. The van der Waals surface area contributed by atoms with Crippen LogP contribution in [0.1, 0.15) is 68.2 Å². The van der Waals surface area contributed by atoms with Crippen LogP contribution in [-0.4, -0.2) is 57.6 Å². The van der Waals surface area contributed by atoms with Crippen molar-refractivity contribution in [2.24, 2.45) is 9.98 Å². The third-order valence-corrected chi connectivity index (χ3v) is 4.74. The monoisotopic (exact) mass is 529 g/mol. The third kappa shape index (κ3) is 10.2. The topological polar surface area (TPSA) is 111 Å². The molecule has 0 aromatic rings. The number of carboxylic acid groups (broad SMARTS) is 2. The summed E-state index contributed by atoms with van der Waals surface area (Å²) in [6.07, 6.45) is 13.1. The van der Waals surface area contributed by atoms with E-state index in [9.17, 15) is 19.8 Å². The van der Waals surface area contributed by atoms with Crippen LogP contribution in [0.15, 0.2) is 57.8 Å². The van der Waals surface area contributed by atoms with Crippen molar-refractivity contribution < 1.29 is 36.6 Å². The number of hydrogen-bond donors (Lipinski definition) is 0. The van der Waals surface area contributed by atoms with Gasteiger partial charge in [0.1, 0.15) is 11.9 Å². The number of carbonyl (C=O) groups excluding carboxylic acids is 2. The summed E-state index contributed by atoms with van der Waals surface area (Å²) < 4.78 is 0. The molecule has 0 aromatic heterocycles. The van der Waals surface area contributed by atoms with E-state index in [4.69, 9.17) is 0 Å². The van der Waals surface area contributed by atoms with Gasteiger partial charge >= 0.3 is 16.8 Å². The quantitative estimate of drug-likeness (QED) is 0.385. The first-order valence-corrected chi connectivity index (χ1v) is 11.7. The molecule has 0 aliphatic heterocycles. The molecule has 0 amide bonds. The van der Waals surface area contributed by atoms with E-state index in [-0.39, 0.29) is 52.6 Å². The summed E-state index contributed by atoms with van der Waals surface area (Å²) in [5, 5.41) is 22.4. The van der Waals surface area contributed by atoms with Crippen LogP contribution in [0.25, 0.3) is 0 Å². The number of nitrogens with zero attached hydrogens (tertiary/aromatic N) is 4. The number of aliphatic carboxylic acids is 2. The van der Waals surface area contributed by atoms with Crippen molar-refractivity contribution in [1.29, 1.82) is 0 Å². The first kappa shape index (κ1) is 32.3. The molecule has 2 aliphatic rings. The third-order valence-electron chi connectivity index (χ3n) is 4.74. The Bertz CT molecular complexity index is 838. The maximum absolute atomic E-state index is 11.2. The average Bonchev–Trinajstić information content (AvgIpc) is 3.40.